The second kappa shape index (κ2) is 12.7. The Morgan fingerprint density at radius 3 is 2.43 bits per heavy atom. The van der Waals surface area contributed by atoms with Gasteiger partial charge in [-0.05, 0) is 48.0 Å². The molecular weight excluding hydrogens is 580 g/mol. The Hall–Kier alpha value is -4.95. The SMILES string of the molecule is COc1cc(C2=C(OC3O[C@H](COC(=O)/C=C/c4ccc(O)cc4)[C@@H](O)[C@H](O)[C@H]3O)C=C3C(O)=CC(O)=CC3O2)ccc1O. The molecule has 2 aromatic carbocycles. The highest BCUT2D eigenvalue weighted by molar-refractivity contribution is 5.87. The van der Waals surface area contributed by atoms with E-state index >= 15 is 0 Å². The van der Waals surface area contributed by atoms with Crippen LogP contribution >= 0.6 is 0 Å². The van der Waals surface area contributed by atoms with Gasteiger partial charge in [0.15, 0.2) is 23.0 Å². The van der Waals surface area contributed by atoms with Gasteiger partial charge in [-0.3, -0.25) is 0 Å². The monoisotopic (exact) mass is 610 g/mol. The van der Waals surface area contributed by atoms with Crippen LogP contribution in [0.3, 0.4) is 0 Å². The van der Waals surface area contributed by atoms with Crippen LogP contribution in [-0.2, 0) is 23.7 Å². The van der Waals surface area contributed by atoms with Crippen molar-refractivity contribution < 1.29 is 64.2 Å². The molecule has 1 aliphatic carbocycles. The summed E-state index contributed by atoms with van der Waals surface area (Å²) in [7, 11) is 1.35. The standard InChI is InChI=1S/C31H30O13/c1-40-23-10-16(5-8-20(23)34)30-24(13-19-21(35)11-18(33)12-22(19)42-30)43-31-29(39)28(38)27(37)25(44-31)14-41-26(36)9-4-15-2-6-17(32)7-3-15/h2-13,22,25,27-29,31-35,37-39H,14H2,1H3/b9-4+/t22?,25-,27-,28+,29-,31?/m1/s1. The molecule has 13 heteroatoms. The maximum atomic E-state index is 12.3. The van der Waals surface area contributed by atoms with Gasteiger partial charge in [-0.2, -0.15) is 0 Å². The molecule has 13 nitrogen and oxygen atoms in total. The van der Waals surface area contributed by atoms with Crippen LogP contribution < -0.4 is 4.74 Å². The van der Waals surface area contributed by atoms with Gasteiger partial charge in [-0.1, -0.05) is 12.1 Å². The number of rotatable bonds is 8. The van der Waals surface area contributed by atoms with Crippen LogP contribution in [0.2, 0.25) is 0 Å². The van der Waals surface area contributed by atoms with Gasteiger partial charge >= 0.3 is 5.97 Å². The number of benzene rings is 2. The third-order valence-electron chi connectivity index (χ3n) is 7.01. The molecule has 1 fully saturated rings. The number of aliphatic hydroxyl groups is 5. The molecule has 2 heterocycles. The second-order valence-electron chi connectivity index (χ2n) is 10.0. The number of esters is 1. The molecule has 0 amide bonds. The van der Waals surface area contributed by atoms with E-state index in [0.29, 0.717) is 11.1 Å². The zero-order valence-electron chi connectivity index (χ0n) is 23.2. The molecule has 0 bridgehead atoms. The molecule has 0 radical (unpaired) electrons. The molecule has 0 aromatic heterocycles. The predicted molar refractivity (Wildman–Crippen MR) is 152 cm³/mol. The van der Waals surface area contributed by atoms with E-state index in [2.05, 4.69) is 0 Å². The molecule has 0 spiro atoms. The van der Waals surface area contributed by atoms with E-state index in [1.54, 1.807) is 12.1 Å². The van der Waals surface area contributed by atoms with E-state index in [1.807, 2.05) is 0 Å². The zero-order chi connectivity index (χ0) is 31.5. The Bertz CT molecular complexity index is 1550. The number of carbonyl (C=O) groups excluding carboxylic acids is 1. The van der Waals surface area contributed by atoms with Crippen LogP contribution in [0.4, 0.5) is 0 Å². The first-order chi connectivity index (χ1) is 21.0. The van der Waals surface area contributed by atoms with Gasteiger partial charge in [-0.25, -0.2) is 4.79 Å². The Morgan fingerprint density at radius 1 is 0.955 bits per heavy atom. The normalized spacial score (nSPS) is 26.6. The summed E-state index contributed by atoms with van der Waals surface area (Å²) in [4.78, 5) is 12.3. The Balaban J connectivity index is 1.38. The summed E-state index contributed by atoms with van der Waals surface area (Å²) in [6, 6.07) is 10.3. The van der Waals surface area contributed by atoms with Gasteiger partial charge in [-0.15, -0.1) is 0 Å². The van der Waals surface area contributed by atoms with Crippen molar-refractivity contribution in [2.24, 2.45) is 0 Å². The van der Waals surface area contributed by atoms with E-state index in [1.165, 1.54) is 55.7 Å². The molecule has 2 unspecified atom stereocenters. The third-order valence-corrected chi connectivity index (χ3v) is 7.01. The van der Waals surface area contributed by atoms with E-state index in [9.17, 15) is 40.5 Å². The molecule has 6 atom stereocenters. The number of hydrogen-bond donors (Lipinski definition) is 7. The maximum Gasteiger partial charge on any atom is 0.330 e. The number of allylic oxidation sites excluding steroid dienone is 2. The first-order valence-corrected chi connectivity index (χ1v) is 13.4. The minimum atomic E-state index is -1.77. The largest absolute Gasteiger partial charge is 0.508 e. The van der Waals surface area contributed by atoms with Crippen molar-refractivity contribution in [3.63, 3.8) is 0 Å². The minimum Gasteiger partial charge on any atom is -0.508 e. The summed E-state index contributed by atoms with van der Waals surface area (Å²) in [5, 5.41) is 71.7. The lowest BCUT2D eigenvalue weighted by Crippen LogP contribution is -2.59. The lowest BCUT2D eigenvalue weighted by Gasteiger charge is -2.40. The predicted octanol–water partition coefficient (Wildman–Crippen LogP) is 2.08. The second-order valence-corrected chi connectivity index (χ2v) is 10.0. The number of phenols is 2. The zero-order valence-corrected chi connectivity index (χ0v) is 23.2. The number of phenolic OH excluding ortho intramolecular Hbond substituents is 2. The van der Waals surface area contributed by atoms with Gasteiger partial charge in [0, 0.05) is 29.4 Å². The molecule has 0 saturated carbocycles. The molecule has 1 saturated heterocycles. The molecule has 3 aliphatic rings. The third kappa shape index (κ3) is 6.50. The molecule has 232 valence electrons. The average Bonchev–Trinajstić information content (AvgIpc) is 3.00. The van der Waals surface area contributed by atoms with Gasteiger partial charge in [0.05, 0.1) is 7.11 Å². The Morgan fingerprint density at radius 2 is 1.70 bits per heavy atom. The summed E-state index contributed by atoms with van der Waals surface area (Å²) in [5.41, 5.74) is 1.15. The smallest absolute Gasteiger partial charge is 0.330 e. The van der Waals surface area contributed by atoms with Crippen LogP contribution in [0, 0.1) is 0 Å². The van der Waals surface area contributed by atoms with Crippen molar-refractivity contribution in [3.05, 3.63) is 101 Å². The maximum absolute atomic E-state index is 12.3. The first-order valence-electron chi connectivity index (χ1n) is 13.4. The average molecular weight is 611 g/mol. The van der Waals surface area contributed by atoms with E-state index in [4.69, 9.17) is 23.7 Å². The van der Waals surface area contributed by atoms with Gasteiger partial charge < -0.3 is 59.4 Å². The fourth-order valence-corrected chi connectivity index (χ4v) is 4.66. The van der Waals surface area contributed by atoms with Crippen LogP contribution in [0.5, 0.6) is 17.2 Å². The summed E-state index contributed by atoms with van der Waals surface area (Å²) in [5.74, 6) is -1.37. The number of ether oxygens (including phenoxy) is 5. The van der Waals surface area contributed by atoms with Crippen molar-refractivity contribution in [3.8, 4) is 17.2 Å². The van der Waals surface area contributed by atoms with Crippen LogP contribution in [0.15, 0.2) is 89.6 Å². The van der Waals surface area contributed by atoms with Crippen molar-refractivity contribution in [2.45, 2.75) is 36.8 Å². The highest BCUT2D eigenvalue weighted by atomic mass is 16.7. The van der Waals surface area contributed by atoms with Crippen molar-refractivity contribution in [1.29, 1.82) is 0 Å². The summed E-state index contributed by atoms with van der Waals surface area (Å²) in [6.07, 6.45) is -2.68. The van der Waals surface area contributed by atoms with E-state index in [0.717, 1.165) is 12.2 Å². The number of fused-ring (bicyclic) bond motifs is 1. The summed E-state index contributed by atoms with van der Waals surface area (Å²) >= 11 is 0. The highest BCUT2D eigenvalue weighted by Crippen LogP contribution is 2.39. The number of carbonyl (C=O) groups is 1. The van der Waals surface area contributed by atoms with Gasteiger partial charge in [0.25, 0.3) is 0 Å². The quantitative estimate of drug-likeness (QED) is 0.169. The molecule has 2 aliphatic heterocycles. The van der Waals surface area contributed by atoms with Crippen LogP contribution in [0.25, 0.3) is 11.8 Å². The van der Waals surface area contributed by atoms with Crippen molar-refractivity contribution >= 4 is 17.8 Å². The van der Waals surface area contributed by atoms with E-state index < -0.39 is 49.4 Å². The lowest BCUT2D eigenvalue weighted by atomic mass is 9.96. The number of aliphatic hydroxyl groups excluding tert-OH is 5. The first kappa shape index (κ1) is 30.5. The minimum absolute atomic E-state index is 0.0366. The number of methoxy groups -OCH3 is 1. The molecule has 7 N–H and O–H groups in total. The topological polar surface area (TPSA) is 205 Å². The summed E-state index contributed by atoms with van der Waals surface area (Å²) in [6.45, 7) is -0.516. The molecule has 5 rings (SSSR count). The Labute approximate surface area is 250 Å². The molecule has 44 heavy (non-hydrogen) atoms. The van der Waals surface area contributed by atoms with Crippen molar-refractivity contribution in [2.75, 3.05) is 13.7 Å². The Kier molecular flexibility index (Phi) is 8.83. The number of hydrogen-bond acceptors (Lipinski definition) is 13. The van der Waals surface area contributed by atoms with Crippen LogP contribution in [-0.4, -0.2) is 92.2 Å². The van der Waals surface area contributed by atoms with Gasteiger partial charge in [0.2, 0.25) is 6.29 Å². The summed E-state index contributed by atoms with van der Waals surface area (Å²) < 4.78 is 28.1. The van der Waals surface area contributed by atoms with Crippen molar-refractivity contribution in [1.82, 2.24) is 0 Å². The highest BCUT2D eigenvalue weighted by Gasteiger charge is 2.46. The molecule has 2 aromatic rings. The van der Waals surface area contributed by atoms with Gasteiger partial charge in [0.1, 0.15) is 54.4 Å². The fourth-order valence-electron chi connectivity index (χ4n) is 4.66. The van der Waals surface area contributed by atoms with Crippen LogP contribution in [0.1, 0.15) is 11.1 Å². The fraction of sp³-hybridized carbons (Fsp3) is 0.258. The van der Waals surface area contributed by atoms with E-state index in [-0.39, 0.29) is 45.9 Å². The number of aromatic hydroxyl groups is 2. The lowest BCUT2D eigenvalue weighted by molar-refractivity contribution is -0.291. The molecular formula is C31H30O13.